The van der Waals surface area contributed by atoms with Crippen molar-refractivity contribution in [3.63, 3.8) is 0 Å². The number of carbonyl (C=O) groups excluding carboxylic acids is 1. The lowest BCUT2D eigenvalue weighted by molar-refractivity contribution is 0.220. The average molecular weight is 301 g/mol. The zero-order chi connectivity index (χ0) is 16.1. The van der Waals surface area contributed by atoms with Gasteiger partial charge in [0.1, 0.15) is 5.75 Å². The first kappa shape index (κ1) is 15.6. The van der Waals surface area contributed by atoms with Crippen molar-refractivity contribution < 1.29 is 9.53 Å². The molecule has 1 aromatic heterocycles. The summed E-state index contributed by atoms with van der Waals surface area (Å²) in [7, 11) is 4.96. The summed E-state index contributed by atoms with van der Waals surface area (Å²) >= 11 is 0. The van der Waals surface area contributed by atoms with Gasteiger partial charge in [-0.25, -0.2) is 4.79 Å². The van der Waals surface area contributed by atoms with Crippen LogP contribution in [0.25, 0.3) is 0 Å². The number of amides is 2. The largest absolute Gasteiger partial charge is 0.497 e. The third-order valence-corrected chi connectivity index (χ3v) is 3.26. The lowest BCUT2D eigenvalue weighted by Gasteiger charge is -2.18. The number of hydrogen-bond acceptors (Lipinski definition) is 3. The highest BCUT2D eigenvalue weighted by Gasteiger charge is 2.10. The highest BCUT2D eigenvalue weighted by Crippen LogP contribution is 2.13. The molecule has 0 spiro atoms. The number of rotatable bonds is 4. The molecule has 1 heterocycles. The zero-order valence-electron chi connectivity index (χ0n) is 12.9. The van der Waals surface area contributed by atoms with E-state index in [1.807, 2.05) is 24.3 Å². The van der Waals surface area contributed by atoms with E-state index in [2.05, 4.69) is 5.32 Å². The van der Waals surface area contributed by atoms with E-state index in [0.29, 0.717) is 12.2 Å². The lowest BCUT2D eigenvalue weighted by atomic mass is 10.2. The molecule has 0 unspecified atom stereocenters. The summed E-state index contributed by atoms with van der Waals surface area (Å²) in [6, 6.07) is 10.3. The average Bonchev–Trinajstić information content (AvgIpc) is 2.51. The van der Waals surface area contributed by atoms with Crippen LogP contribution in [0.15, 0.2) is 47.4 Å². The molecule has 0 saturated carbocycles. The predicted molar refractivity (Wildman–Crippen MR) is 85.2 cm³/mol. The molecule has 0 radical (unpaired) electrons. The molecule has 0 aliphatic carbocycles. The fraction of sp³-hybridized carbons (Fsp3) is 0.250. The monoisotopic (exact) mass is 301 g/mol. The number of anilines is 1. The van der Waals surface area contributed by atoms with Crippen LogP contribution >= 0.6 is 0 Å². The normalized spacial score (nSPS) is 10.1. The van der Waals surface area contributed by atoms with Crippen LogP contribution in [0.5, 0.6) is 5.75 Å². The number of ether oxygens (including phenoxy) is 1. The van der Waals surface area contributed by atoms with E-state index in [1.54, 1.807) is 38.4 Å². The number of nitrogens with one attached hydrogen (secondary N) is 1. The number of carbonyl (C=O) groups is 1. The molecule has 0 aliphatic heterocycles. The van der Waals surface area contributed by atoms with Gasteiger partial charge in [-0.15, -0.1) is 0 Å². The molecule has 0 saturated heterocycles. The third kappa shape index (κ3) is 3.88. The Morgan fingerprint density at radius 2 is 1.91 bits per heavy atom. The van der Waals surface area contributed by atoms with Gasteiger partial charge in [0.25, 0.3) is 0 Å². The van der Waals surface area contributed by atoms with Crippen molar-refractivity contribution in [2.24, 2.45) is 7.05 Å². The molecule has 0 aliphatic rings. The quantitative estimate of drug-likeness (QED) is 0.940. The van der Waals surface area contributed by atoms with E-state index < -0.39 is 0 Å². The van der Waals surface area contributed by atoms with Crippen LogP contribution in [0, 0.1) is 0 Å². The Labute approximate surface area is 128 Å². The van der Waals surface area contributed by atoms with Gasteiger partial charge in [-0.05, 0) is 23.8 Å². The van der Waals surface area contributed by atoms with Crippen LogP contribution in [-0.2, 0) is 13.6 Å². The van der Waals surface area contributed by atoms with E-state index in [1.165, 1.54) is 10.6 Å². The maximum absolute atomic E-state index is 12.1. The summed E-state index contributed by atoms with van der Waals surface area (Å²) in [6.45, 7) is 0.474. The maximum atomic E-state index is 12.1. The molecule has 6 nitrogen and oxygen atoms in total. The van der Waals surface area contributed by atoms with Crippen molar-refractivity contribution >= 4 is 11.7 Å². The Kier molecular flexibility index (Phi) is 4.83. The first-order chi connectivity index (χ1) is 10.5. The summed E-state index contributed by atoms with van der Waals surface area (Å²) in [6.07, 6.45) is 1.58. The number of nitrogens with zero attached hydrogens (tertiary/aromatic N) is 2. The third-order valence-electron chi connectivity index (χ3n) is 3.26. The summed E-state index contributed by atoms with van der Waals surface area (Å²) < 4.78 is 6.52. The number of urea groups is 1. The van der Waals surface area contributed by atoms with Crippen LogP contribution in [0.1, 0.15) is 5.56 Å². The van der Waals surface area contributed by atoms with Gasteiger partial charge in [-0.2, -0.15) is 0 Å². The first-order valence-corrected chi connectivity index (χ1v) is 6.81. The van der Waals surface area contributed by atoms with Crippen molar-refractivity contribution in [3.05, 3.63) is 58.5 Å². The fourth-order valence-corrected chi connectivity index (χ4v) is 1.96. The molecule has 2 amide bonds. The van der Waals surface area contributed by atoms with Crippen LogP contribution in [-0.4, -0.2) is 29.7 Å². The van der Waals surface area contributed by atoms with Crippen molar-refractivity contribution in [2.75, 3.05) is 19.5 Å². The minimum atomic E-state index is -0.241. The van der Waals surface area contributed by atoms with E-state index in [0.717, 1.165) is 11.3 Å². The molecule has 22 heavy (non-hydrogen) atoms. The summed E-state index contributed by atoms with van der Waals surface area (Å²) in [5.41, 5.74) is 1.46. The van der Waals surface area contributed by atoms with E-state index >= 15 is 0 Å². The topological polar surface area (TPSA) is 63.6 Å². The van der Waals surface area contributed by atoms with Crippen molar-refractivity contribution in [2.45, 2.75) is 6.54 Å². The second-order valence-electron chi connectivity index (χ2n) is 5.00. The molecule has 6 heteroatoms. The fourth-order valence-electron chi connectivity index (χ4n) is 1.96. The van der Waals surface area contributed by atoms with Gasteiger partial charge < -0.3 is 19.5 Å². The molecule has 1 N–H and O–H groups in total. The van der Waals surface area contributed by atoms with Gasteiger partial charge in [-0.3, -0.25) is 4.79 Å². The molecular formula is C16H19N3O3. The predicted octanol–water partition coefficient (Wildman–Crippen LogP) is 2.06. The van der Waals surface area contributed by atoms with E-state index in [4.69, 9.17) is 4.74 Å². The van der Waals surface area contributed by atoms with Crippen LogP contribution < -0.4 is 15.6 Å². The number of pyridine rings is 1. The number of aromatic nitrogens is 1. The van der Waals surface area contributed by atoms with Crippen LogP contribution in [0.4, 0.5) is 10.5 Å². The lowest BCUT2D eigenvalue weighted by Crippen LogP contribution is -2.31. The number of benzene rings is 1. The Morgan fingerprint density at radius 1 is 1.23 bits per heavy atom. The van der Waals surface area contributed by atoms with Gasteiger partial charge in [0, 0.05) is 32.9 Å². The molecule has 1 aromatic carbocycles. The minimum Gasteiger partial charge on any atom is -0.497 e. The molecule has 0 fully saturated rings. The zero-order valence-corrected chi connectivity index (χ0v) is 12.9. The Hall–Kier alpha value is -2.76. The highest BCUT2D eigenvalue weighted by atomic mass is 16.5. The number of hydrogen-bond donors (Lipinski definition) is 1. The van der Waals surface area contributed by atoms with Gasteiger partial charge in [0.15, 0.2) is 0 Å². The van der Waals surface area contributed by atoms with Crippen LogP contribution in [0.3, 0.4) is 0 Å². The van der Waals surface area contributed by atoms with Gasteiger partial charge in [0.2, 0.25) is 5.56 Å². The number of methoxy groups -OCH3 is 1. The highest BCUT2D eigenvalue weighted by molar-refractivity contribution is 5.88. The Morgan fingerprint density at radius 3 is 2.50 bits per heavy atom. The SMILES string of the molecule is COc1ccc(CN(C)C(=O)Nc2ccc(=O)n(C)c2)cc1. The van der Waals surface area contributed by atoms with Crippen LogP contribution in [0.2, 0.25) is 0 Å². The van der Waals surface area contributed by atoms with Gasteiger partial charge >= 0.3 is 6.03 Å². The Bertz CT molecular complexity index is 707. The summed E-state index contributed by atoms with van der Waals surface area (Å²) in [4.78, 5) is 25.0. The minimum absolute atomic E-state index is 0.121. The van der Waals surface area contributed by atoms with Gasteiger partial charge in [-0.1, -0.05) is 12.1 Å². The molecule has 2 aromatic rings. The Balaban J connectivity index is 1.98. The molecule has 2 rings (SSSR count). The van der Waals surface area contributed by atoms with E-state index in [9.17, 15) is 9.59 Å². The molecular weight excluding hydrogens is 282 g/mol. The standard InChI is InChI=1S/C16H19N3O3/c1-18-11-13(6-9-15(18)20)17-16(21)19(2)10-12-4-7-14(22-3)8-5-12/h4-9,11H,10H2,1-3H3,(H,17,21). The van der Waals surface area contributed by atoms with E-state index in [-0.39, 0.29) is 11.6 Å². The second-order valence-corrected chi connectivity index (χ2v) is 5.00. The first-order valence-electron chi connectivity index (χ1n) is 6.81. The molecule has 0 bridgehead atoms. The summed E-state index contributed by atoms with van der Waals surface area (Å²) in [5.74, 6) is 0.779. The van der Waals surface area contributed by atoms with Crippen molar-refractivity contribution in [1.82, 2.24) is 9.47 Å². The molecule has 116 valence electrons. The van der Waals surface area contributed by atoms with Crippen molar-refractivity contribution in [1.29, 1.82) is 0 Å². The number of aryl methyl sites for hydroxylation is 1. The van der Waals surface area contributed by atoms with Crippen molar-refractivity contribution in [3.8, 4) is 5.75 Å². The molecule has 0 atom stereocenters. The smallest absolute Gasteiger partial charge is 0.321 e. The maximum Gasteiger partial charge on any atom is 0.321 e. The second kappa shape index (κ2) is 6.80. The van der Waals surface area contributed by atoms with Gasteiger partial charge in [0.05, 0.1) is 12.8 Å². The summed E-state index contributed by atoms with van der Waals surface area (Å²) in [5, 5.41) is 2.76.